The summed E-state index contributed by atoms with van der Waals surface area (Å²) < 4.78 is 49.9. The van der Waals surface area contributed by atoms with Crippen LogP contribution in [0.3, 0.4) is 0 Å². The highest BCUT2D eigenvalue weighted by molar-refractivity contribution is 7.88. The molecule has 0 saturated carbocycles. The lowest BCUT2D eigenvalue weighted by Crippen LogP contribution is -2.48. The van der Waals surface area contributed by atoms with Crippen molar-refractivity contribution in [3.8, 4) is 28.1 Å². The van der Waals surface area contributed by atoms with Gasteiger partial charge in [0.05, 0.1) is 26.7 Å². The van der Waals surface area contributed by atoms with Gasteiger partial charge < -0.3 is 23.5 Å². The standard InChI is InChI=1S/C26H27N5O6S2/c1-34-20-11-17(16-36-19-6-4-5-18(12-19)29-7-9-30(10-8-29)39(3,32)33)21-14-24(37-23(21)13-20)22-15-31-25(27-22)38-26(28-31)35-2/h4-6,11-15H,7-10,16H2,1-3H3. The van der Waals surface area contributed by atoms with Crippen LogP contribution < -0.4 is 19.1 Å². The number of methoxy groups -OCH3 is 2. The van der Waals surface area contributed by atoms with Crippen molar-refractivity contribution in [3.63, 3.8) is 0 Å². The van der Waals surface area contributed by atoms with Gasteiger partial charge in [-0.1, -0.05) is 6.07 Å². The topological polar surface area (TPSA) is 112 Å². The number of benzene rings is 2. The fourth-order valence-corrected chi connectivity index (χ4v) is 6.17. The van der Waals surface area contributed by atoms with E-state index >= 15 is 0 Å². The van der Waals surface area contributed by atoms with Gasteiger partial charge in [-0.25, -0.2) is 17.9 Å². The van der Waals surface area contributed by atoms with Crippen LogP contribution in [0.25, 0.3) is 27.4 Å². The first-order valence-electron chi connectivity index (χ1n) is 12.2. The van der Waals surface area contributed by atoms with Gasteiger partial charge in [-0.2, -0.15) is 4.31 Å². The molecule has 0 amide bonds. The molecule has 1 fully saturated rings. The summed E-state index contributed by atoms with van der Waals surface area (Å²) in [6.07, 6.45) is 3.06. The Bertz CT molecular complexity index is 1720. The van der Waals surface area contributed by atoms with E-state index in [1.54, 1.807) is 24.9 Å². The Kier molecular flexibility index (Phi) is 6.57. The molecule has 13 heteroatoms. The molecular formula is C26H27N5O6S2. The van der Waals surface area contributed by atoms with Crippen molar-refractivity contribution in [3.05, 3.63) is 54.2 Å². The summed E-state index contributed by atoms with van der Waals surface area (Å²) >= 11 is 1.35. The number of hydrogen-bond donors (Lipinski definition) is 0. The lowest BCUT2D eigenvalue weighted by atomic mass is 10.1. The van der Waals surface area contributed by atoms with E-state index in [9.17, 15) is 8.42 Å². The van der Waals surface area contributed by atoms with E-state index in [-0.39, 0.29) is 0 Å². The van der Waals surface area contributed by atoms with E-state index in [1.165, 1.54) is 21.9 Å². The van der Waals surface area contributed by atoms with Crippen LogP contribution in [0.5, 0.6) is 16.7 Å². The zero-order valence-corrected chi connectivity index (χ0v) is 23.3. The Balaban J connectivity index is 1.22. The highest BCUT2D eigenvalue weighted by Gasteiger charge is 2.24. The lowest BCUT2D eigenvalue weighted by molar-refractivity contribution is 0.306. The molecule has 0 radical (unpaired) electrons. The quantitative estimate of drug-likeness (QED) is 0.275. The average molecular weight is 570 g/mol. The molecule has 1 aliphatic rings. The summed E-state index contributed by atoms with van der Waals surface area (Å²) in [7, 11) is 0.0190. The minimum Gasteiger partial charge on any atom is -0.497 e. The van der Waals surface area contributed by atoms with E-state index in [0.717, 1.165) is 16.6 Å². The number of imidazole rings is 1. The maximum Gasteiger partial charge on any atom is 0.294 e. The molecule has 0 unspecified atom stereocenters. The predicted octanol–water partition coefficient (Wildman–Crippen LogP) is 3.88. The van der Waals surface area contributed by atoms with Gasteiger partial charge in [0, 0.05) is 54.9 Å². The third-order valence-corrected chi connectivity index (χ3v) is 8.86. The van der Waals surface area contributed by atoms with Crippen molar-refractivity contribution in [1.82, 2.24) is 18.9 Å². The molecule has 0 bridgehead atoms. The molecule has 0 atom stereocenters. The maximum absolute atomic E-state index is 11.8. The molecule has 11 nitrogen and oxygen atoms in total. The van der Waals surface area contributed by atoms with Crippen molar-refractivity contribution in [2.75, 3.05) is 51.6 Å². The molecule has 6 rings (SSSR count). The molecular weight excluding hydrogens is 542 g/mol. The number of hydrogen-bond acceptors (Lipinski definition) is 10. The van der Waals surface area contributed by atoms with Crippen LogP contribution >= 0.6 is 11.3 Å². The number of ether oxygens (including phenoxy) is 3. The summed E-state index contributed by atoms with van der Waals surface area (Å²) in [4.78, 5) is 7.50. The molecule has 1 aliphatic heterocycles. The summed E-state index contributed by atoms with van der Waals surface area (Å²) in [6, 6.07) is 13.6. The number of anilines is 1. The smallest absolute Gasteiger partial charge is 0.294 e. The molecule has 0 N–H and O–H groups in total. The van der Waals surface area contributed by atoms with E-state index in [2.05, 4.69) is 15.0 Å². The minimum absolute atomic E-state index is 0.301. The van der Waals surface area contributed by atoms with E-state index in [1.807, 2.05) is 42.5 Å². The van der Waals surface area contributed by atoms with Gasteiger partial charge >= 0.3 is 0 Å². The number of nitrogens with zero attached hydrogens (tertiary/aromatic N) is 5. The van der Waals surface area contributed by atoms with Crippen molar-refractivity contribution in [2.24, 2.45) is 0 Å². The molecule has 2 aromatic carbocycles. The van der Waals surface area contributed by atoms with Gasteiger partial charge in [-0.05, 0) is 35.6 Å². The predicted molar refractivity (Wildman–Crippen MR) is 149 cm³/mol. The van der Waals surface area contributed by atoms with Crippen LogP contribution in [-0.4, -0.2) is 74.0 Å². The maximum atomic E-state index is 11.8. The van der Waals surface area contributed by atoms with Crippen LogP contribution in [-0.2, 0) is 16.6 Å². The van der Waals surface area contributed by atoms with Gasteiger partial charge in [0.1, 0.15) is 29.4 Å². The fraction of sp³-hybridized carbons (Fsp3) is 0.308. The van der Waals surface area contributed by atoms with Crippen molar-refractivity contribution in [2.45, 2.75) is 6.61 Å². The highest BCUT2D eigenvalue weighted by atomic mass is 32.2. The number of piperazine rings is 1. The van der Waals surface area contributed by atoms with E-state index < -0.39 is 10.0 Å². The number of sulfonamides is 1. The van der Waals surface area contributed by atoms with Crippen molar-refractivity contribution in [1.29, 1.82) is 0 Å². The molecule has 204 valence electrons. The number of rotatable bonds is 8. The first-order valence-corrected chi connectivity index (χ1v) is 14.9. The third kappa shape index (κ3) is 5.12. The molecule has 5 aromatic rings. The monoisotopic (exact) mass is 569 g/mol. The Hall–Kier alpha value is -3.81. The normalized spacial score (nSPS) is 14.8. The Morgan fingerprint density at radius 2 is 1.85 bits per heavy atom. The summed E-state index contributed by atoms with van der Waals surface area (Å²) in [5, 5.41) is 5.77. The average Bonchev–Trinajstić information content (AvgIpc) is 3.64. The van der Waals surface area contributed by atoms with Crippen LogP contribution in [0, 0.1) is 0 Å². The first kappa shape index (κ1) is 25.5. The molecule has 1 saturated heterocycles. The fourth-order valence-electron chi connectivity index (χ4n) is 4.64. The SMILES string of the molecule is COc1cc(COc2cccc(N3CCN(S(C)(=O)=O)CC3)c2)c2cc(-c3cn4nc(OC)sc4n3)oc2c1. The Labute approximate surface area is 229 Å². The minimum atomic E-state index is -3.17. The van der Waals surface area contributed by atoms with Gasteiger partial charge in [0.15, 0.2) is 5.76 Å². The third-order valence-electron chi connectivity index (χ3n) is 6.67. The van der Waals surface area contributed by atoms with Crippen LogP contribution in [0.1, 0.15) is 5.56 Å². The van der Waals surface area contributed by atoms with Crippen molar-refractivity contribution >= 4 is 43.0 Å². The van der Waals surface area contributed by atoms with Gasteiger partial charge in [-0.3, -0.25) is 0 Å². The van der Waals surface area contributed by atoms with Gasteiger partial charge in [-0.15, -0.1) is 5.10 Å². The second-order valence-electron chi connectivity index (χ2n) is 9.17. The second-order valence-corrected chi connectivity index (χ2v) is 12.1. The first-order chi connectivity index (χ1) is 18.8. The molecule has 4 heterocycles. The summed E-state index contributed by atoms with van der Waals surface area (Å²) in [5.41, 5.74) is 3.24. The molecule has 0 spiro atoms. The lowest BCUT2D eigenvalue weighted by Gasteiger charge is -2.34. The molecule has 3 aromatic heterocycles. The van der Waals surface area contributed by atoms with E-state index in [4.69, 9.17) is 18.6 Å². The largest absolute Gasteiger partial charge is 0.497 e. The Morgan fingerprint density at radius 1 is 1.03 bits per heavy atom. The number of fused-ring (bicyclic) bond motifs is 2. The van der Waals surface area contributed by atoms with E-state index in [0.29, 0.717) is 71.5 Å². The van der Waals surface area contributed by atoms with Crippen molar-refractivity contribution < 1.29 is 27.0 Å². The molecule has 39 heavy (non-hydrogen) atoms. The number of furan rings is 1. The second kappa shape index (κ2) is 10.1. The van der Waals surface area contributed by atoms with Crippen LogP contribution in [0.4, 0.5) is 5.69 Å². The number of aromatic nitrogens is 3. The highest BCUT2D eigenvalue weighted by Crippen LogP contribution is 2.34. The summed E-state index contributed by atoms with van der Waals surface area (Å²) in [6.45, 7) is 2.48. The van der Waals surface area contributed by atoms with Gasteiger partial charge in [0.25, 0.3) is 5.19 Å². The molecule has 0 aliphatic carbocycles. The Morgan fingerprint density at radius 3 is 2.56 bits per heavy atom. The zero-order valence-electron chi connectivity index (χ0n) is 21.7. The van der Waals surface area contributed by atoms with Gasteiger partial charge in [0.2, 0.25) is 15.0 Å². The van der Waals surface area contributed by atoms with Crippen LogP contribution in [0.15, 0.2) is 53.1 Å². The van der Waals surface area contributed by atoms with Crippen LogP contribution in [0.2, 0.25) is 0 Å². The summed E-state index contributed by atoms with van der Waals surface area (Å²) in [5.74, 6) is 2.00. The zero-order chi connectivity index (χ0) is 27.1.